The summed E-state index contributed by atoms with van der Waals surface area (Å²) in [6, 6.07) is 7.71. The molecule has 0 aliphatic rings. The standard InChI is InChI=1S/C15H23NO2/c1-11(15(2,3)4)14(17)16-10-12-6-8-13(18-5)9-7-12/h6-9,11H,10H2,1-5H3,(H,16,17). The van der Waals surface area contributed by atoms with E-state index in [0.29, 0.717) is 6.54 Å². The topological polar surface area (TPSA) is 38.3 Å². The lowest BCUT2D eigenvalue weighted by Gasteiger charge is -2.26. The van der Waals surface area contributed by atoms with Crippen molar-refractivity contribution in [3.63, 3.8) is 0 Å². The van der Waals surface area contributed by atoms with Crippen LogP contribution in [0.3, 0.4) is 0 Å². The number of carbonyl (C=O) groups is 1. The Kier molecular flexibility index (Phi) is 4.76. The van der Waals surface area contributed by atoms with Gasteiger partial charge < -0.3 is 10.1 Å². The van der Waals surface area contributed by atoms with Crippen molar-refractivity contribution in [1.29, 1.82) is 0 Å². The van der Waals surface area contributed by atoms with Gasteiger partial charge in [-0.05, 0) is 23.1 Å². The molecule has 3 heteroatoms. The normalized spacial score (nSPS) is 12.9. The van der Waals surface area contributed by atoms with Crippen LogP contribution < -0.4 is 10.1 Å². The monoisotopic (exact) mass is 249 g/mol. The van der Waals surface area contributed by atoms with E-state index in [1.165, 1.54) is 0 Å². The molecule has 0 saturated heterocycles. The van der Waals surface area contributed by atoms with Gasteiger partial charge in [0.05, 0.1) is 7.11 Å². The molecule has 0 heterocycles. The van der Waals surface area contributed by atoms with Gasteiger partial charge in [0.25, 0.3) is 0 Å². The Morgan fingerprint density at radius 3 is 2.28 bits per heavy atom. The molecule has 3 nitrogen and oxygen atoms in total. The van der Waals surface area contributed by atoms with Gasteiger partial charge in [-0.15, -0.1) is 0 Å². The summed E-state index contributed by atoms with van der Waals surface area (Å²) < 4.78 is 5.09. The smallest absolute Gasteiger partial charge is 0.223 e. The van der Waals surface area contributed by atoms with E-state index in [1.807, 2.05) is 31.2 Å². The van der Waals surface area contributed by atoms with E-state index in [9.17, 15) is 4.79 Å². The van der Waals surface area contributed by atoms with Crippen LogP contribution in [-0.4, -0.2) is 13.0 Å². The lowest BCUT2D eigenvalue weighted by Crippen LogP contribution is -2.35. The maximum absolute atomic E-state index is 12.0. The fourth-order valence-electron chi connectivity index (χ4n) is 1.48. The fourth-order valence-corrected chi connectivity index (χ4v) is 1.48. The highest BCUT2D eigenvalue weighted by Gasteiger charge is 2.26. The van der Waals surface area contributed by atoms with Gasteiger partial charge >= 0.3 is 0 Å². The van der Waals surface area contributed by atoms with E-state index in [0.717, 1.165) is 11.3 Å². The van der Waals surface area contributed by atoms with E-state index in [-0.39, 0.29) is 17.2 Å². The van der Waals surface area contributed by atoms with E-state index in [2.05, 4.69) is 26.1 Å². The maximum atomic E-state index is 12.0. The molecule has 1 rings (SSSR count). The molecular weight excluding hydrogens is 226 g/mol. The molecule has 1 aromatic rings. The Bertz CT molecular complexity index is 390. The first-order valence-corrected chi connectivity index (χ1v) is 6.25. The molecule has 18 heavy (non-hydrogen) atoms. The Morgan fingerprint density at radius 2 is 1.83 bits per heavy atom. The van der Waals surface area contributed by atoms with Gasteiger partial charge in [0.15, 0.2) is 0 Å². The summed E-state index contributed by atoms with van der Waals surface area (Å²) in [5, 5.41) is 2.96. The summed E-state index contributed by atoms with van der Waals surface area (Å²) >= 11 is 0. The minimum Gasteiger partial charge on any atom is -0.497 e. The molecule has 0 saturated carbocycles. The second kappa shape index (κ2) is 5.89. The van der Waals surface area contributed by atoms with Crippen molar-refractivity contribution in [3.8, 4) is 5.75 Å². The molecule has 1 N–H and O–H groups in total. The van der Waals surface area contributed by atoms with Crippen LogP contribution in [0, 0.1) is 11.3 Å². The highest BCUT2D eigenvalue weighted by atomic mass is 16.5. The largest absolute Gasteiger partial charge is 0.497 e. The number of nitrogens with one attached hydrogen (secondary N) is 1. The summed E-state index contributed by atoms with van der Waals surface area (Å²) in [4.78, 5) is 12.0. The van der Waals surface area contributed by atoms with Crippen LogP contribution in [0.5, 0.6) is 5.75 Å². The van der Waals surface area contributed by atoms with Crippen LogP contribution in [0.4, 0.5) is 0 Å². The van der Waals surface area contributed by atoms with E-state index < -0.39 is 0 Å². The molecule has 1 unspecified atom stereocenters. The number of ether oxygens (including phenoxy) is 1. The predicted octanol–water partition coefficient (Wildman–Crippen LogP) is 2.99. The zero-order chi connectivity index (χ0) is 13.8. The Balaban J connectivity index is 2.52. The lowest BCUT2D eigenvalue weighted by molar-refractivity contribution is -0.127. The van der Waals surface area contributed by atoms with Gasteiger partial charge in [-0.3, -0.25) is 4.79 Å². The van der Waals surface area contributed by atoms with Gasteiger partial charge in [0, 0.05) is 12.5 Å². The second-order valence-electron chi connectivity index (χ2n) is 5.65. The minimum absolute atomic E-state index is 0.00394. The van der Waals surface area contributed by atoms with E-state index >= 15 is 0 Å². The number of methoxy groups -OCH3 is 1. The molecule has 0 aliphatic heterocycles. The first-order chi connectivity index (χ1) is 8.34. The number of amides is 1. The van der Waals surface area contributed by atoms with Crippen molar-refractivity contribution >= 4 is 5.91 Å². The van der Waals surface area contributed by atoms with Crippen LogP contribution in [0.2, 0.25) is 0 Å². The summed E-state index contributed by atoms with van der Waals surface area (Å²) in [6.45, 7) is 8.74. The maximum Gasteiger partial charge on any atom is 0.223 e. The molecule has 1 aromatic carbocycles. The molecule has 0 aromatic heterocycles. The summed E-state index contributed by atoms with van der Waals surface area (Å²) in [6.07, 6.45) is 0. The average Bonchev–Trinajstić information content (AvgIpc) is 2.34. The van der Waals surface area contributed by atoms with Gasteiger partial charge in [-0.25, -0.2) is 0 Å². The van der Waals surface area contributed by atoms with Crippen LogP contribution in [0.15, 0.2) is 24.3 Å². The third-order valence-electron chi connectivity index (χ3n) is 3.32. The van der Waals surface area contributed by atoms with Gasteiger partial charge in [0.1, 0.15) is 5.75 Å². The van der Waals surface area contributed by atoms with Crippen molar-refractivity contribution < 1.29 is 9.53 Å². The molecule has 0 aliphatic carbocycles. The van der Waals surface area contributed by atoms with Crippen molar-refractivity contribution in [2.45, 2.75) is 34.2 Å². The van der Waals surface area contributed by atoms with E-state index in [4.69, 9.17) is 4.74 Å². The fraction of sp³-hybridized carbons (Fsp3) is 0.533. The minimum atomic E-state index is -0.00993. The summed E-state index contributed by atoms with van der Waals surface area (Å²) in [5.74, 6) is 0.919. The van der Waals surface area contributed by atoms with Crippen molar-refractivity contribution in [2.75, 3.05) is 7.11 Å². The molecule has 0 fully saturated rings. The first kappa shape index (κ1) is 14.6. The highest BCUT2D eigenvalue weighted by Crippen LogP contribution is 2.25. The third kappa shape index (κ3) is 4.06. The SMILES string of the molecule is COc1ccc(CNC(=O)C(C)C(C)(C)C)cc1. The zero-order valence-corrected chi connectivity index (χ0v) is 11.9. The molecule has 100 valence electrons. The number of hydrogen-bond donors (Lipinski definition) is 1. The zero-order valence-electron chi connectivity index (χ0n) is 11.9. The Hall–Kier alpha value is -1.51. The molecule has 0 radical (unpaired) electrons. The Labute approximate surface area is 110 Å². The van der Waals surface area contributed by atoms with E-state index in [1.54, 1.807) is 7.11 Å². The number of benzene rings is 1. The van der Waals surface area contributed by atoms with Crippen LogP contribution >= 0.6 is 0 Å². The molecule has 0 spiro atoms. The number of carbonyl (C=O) groups excluding carboxylic acids is 1. The molecule has 1 amide bonds. The quantitative estimate of drug-likeness (QED) is 0.891. The highest BCUT2D eigenvalue weighted by molar-refractivity contribution is 5.78. The molecule has 1 atom stereocenters. The molecule has 0 bridgehead atoms. The first-order valence-electron chi connectivity index (χ1n) is 6.25. The average molecular weight is 249 g/mol. The van der Waals surface area contributed by atoms with Crippen LogP contribution in [0.1, 0.15) is 33.3 Å². The predicted molar refractivity (Wildman–Crippen MR) is 73.5 cm³/mol. The third-order valence-corrected chi connectivity index (χ3v) is 3.32. The van der Waals surface area contributed by atoms with Gasteiger partial charge in [-0.2, -0.15) is 0 Å². The lowest BCUT2D eigenvalue weighted by atomic mass is 9.81. The van der Waals surface area contributed by atoms with Crippen molar-refractivity contribution in [2.24, 2.45) is 11.3 Å². The number of hydrogen-bond acceptors (Lipinski definition) is 2. The van der Waals surface area contributed by atoms with Crippen molar-refractivity contribution in [3.05, 3.63) is 29.8 Å². The second-order valence-corrected chi connectivity index (χ2v) is 5.65. The van der Waals surface area contributed by atoms with Crippen molar-refractivity contribution in [1.82, 2.24) is 5.32 Å². The van der Waals surface area contributed by atoms with Crippen LogP contribution in [-0.2, 0) is 11.3 Å². The van der Waals surface area contributed by atoms with Crippen LogP contribution in [0.25, 0.3) is 0 Å². The Morgan fingerprint density at radius 1 is 1.28 bits per heavy atom. The summed E-state index contributed by atoms with van der Waals surface area (Å²) in [7, 11) is 1.64. The van der Waals surface area contributed by atoms with Gasteiger partial charge in [0.2, 0.25) is 5.91 Å². The molecular formula is C15H23NO2. The van der Waals surface area contributed by atoms with Gasteiger partial charge in [-0.1, -0.05) is 39.8 Å². The number of rotatable bonds is 4. The summed E-state index contributed by atoms with van der Waals surface area (Å²) in [5.41, 5.74) is 1.06.